The topological polar surface area (TPSA) is 136 Å². The van der Waals surface area contributed by atoms with E-state index in [1.54, 1.807) is 23.1 Å². The minimum Gasteiger partial charge on any atom is -0.378 e. The highest BCUT2D eigenvalue weighted by Gasteiger charge is 2.34. The first kappa shape index (κ1) is 27.9. The Morgan fingerprint density at radius 1 is 1.00 bits per heavy atom. The summed E-state index contributed by atoms with van der Waals surface area (Å²) in [6.45, 7) is 3.48. The van der Waals surface area contributed by atoms with Gasteiger partial charge in [0, 0.05) is 30.7 Å². The van der Waals surface area contributed by atoms with Crippen LogP contribution in [0.3, 0.4) is 0 Å². The molecule has 0 bridgehead atoms. The number of morpholine rings is 1. The zero-order valence-electron chi connectivity index (χ0n) is 22.8. The molecule has 42 heavy (non-hydrogen) atoms. The summed E-state index contributed by atoms with van der Waals surface area (Å²) in [5.41, 5.74) is 9.43. The number of rotatable bonds is 7. The highest BCUT2D eigenvalue weighted by atomic mass is 79.9. The lowest BCUT2D eigenvalue weighted by Crippen LogP contribution is -2.44. The fourth-order valence-corrected chi connectivity index (χ4v) is 5.94. The summed E-state index contributed by atoms with van der Waals surface area (Å²) < 4.78 is 7.54. The highest BCUT2D eigenvalue weighted by Crippen LogP contribution is 2.29. The molecule has 4 aromatic rings. The second-order valence-corrected chi connectivity index (χ2v) is 11.1. The summed E-state index contributed by atoms with van der Waals surface area (Å²) >= 11 is 3.30. The van der Waals surface area contributed by atoms with E-state index in [1.165, 1.54) is 4.68 Å². The van der Waals surface area contributed by atoms with Gasteiger partial charge in [0.25, 0.3) is 5.91 Å². The van der Waals surface area contributed by atoms with E-state index in [4.69, 9.17) is 10.5 Å². The zero-order chi connectivity index (χ0) is 29.2. The molecular formula is C30H30BrN7O4. The van der Waals surface area contributed by atoms with Gasteiger partial charge >= 0.3 is 0 Å². The molecule has 2 aliphatic rings. The average Bonchev–Trinajstić information content (AvgIpc) is 3.63. The molecule has 1 unspecified atom stereocenters. The van der Waals surface area contributed by atoms with Crippen LogP contribution in [0.4, 0.5) is 11.5 Å². The third-order valence-corrected chi connectivity index (χ3v) is 8.13. The molecule has 11 nitrogen and oxygen atoms in total. The number of halogens is 1. The Hall–Kier alpha value is -4.29. The van der Waals surface area contributed by atoms with Gasteiger partial charge < -0.3 is 25.6 Å². The Kier molecular flexibility index (Phi) is 7.90. The minimum atomic E-state index is -0.675. The third kappa shape index (κ3) is 5.72. The molecule has 2 aliphatic heterocycles. The number of carbonyl (C=O) groups excluding carboxylic acids is 3. The van der Waals surface area contributed by atoms with Gasteiger partial charge in [0.05, 0.1) is 18.7 Å². The molecule has 3 N–H and O–H groups in total. The summed E-state index contributed by atoms with van der Waals surface area (Å²) in [4.78, 5) is 46.9. The van der Waals surface area contributed by atoms with Crippen molar-refractivity contribution in [1.29, 1.82) is 0 Å². The number of primary amides is 1. The zero-order valence-corrected chi connectivity index (χ0v) is 24.4. The molecule has 2 aromatic heterocycles. The van der Waals surface area contributed by atoms with Crippen molar-refractivity contribution < 1.29 is 19.1 Å². The maximum atomic E-state index is 13.4. The van der Waals surface area contributed by atoms with Crippen LogP contribution in [0.1, 0.15) is 23.3 Å². The van der Waals surface area contributed by atoms with E-state index in [0.717, 1.165) is 43.1 Å². The molecule has 6 rings (SSSR count). The van der Waals surface area contributed by atoms with Crippen molar-refractivity contribution in [3.63, 3.8) is 0 Å². The monoisotopic (exact) mass is 631 g/mol. The van der Waals surface area contributed by atoms with Crippen molar-refractivity contribution in [1.82, 2.24) is 19.7 Å². The van der Waals surface area contributed by atoms with E-state index in [0.29, 0.717) is 40.7 Å². The number of likely N-dealkylation sites (tertiary alicyclic amines) is 1. The largest absolute Gasteiger partial charge is 0.378 e. The number of fused-ring (bicyclic) bond motifs is 1. The SMILES string of the molecule is NC(=O)c1nn(CC(=O)N2CCCC2C(=O)Nc2cccc(Br)n2)c2ccc(-c3ccc(N4CCOCC4)cc3)cc12. The van der Waals surface area contributed by atoms with Crippen LogP contribution in [-0.2, 0) is 20.9 Å². The number of carbonyl (C=O) groups is 3. The lowest BCUT2D eigenvalue weighted by Gasteiger charge is -2.28. The van der Waals surface area contributed by atoms with Crippen LogP contribution >= 0.6 is 15.9 Å². The van der Waals surface area contributed by atoms with E-state index < -0.39 is 11.9 Å². The second-order valence-electron chi connectivity index (χ2n) is 10.3. The smallest absolute Gasteiger partial charge is 0.269 e. The Balaban J connectivity index is 1.21. The maximum Gasteiger partial charge on any atom is 0.269 e. The molecule has 12 heteroatoms. The molecule has 0 aliphatic carbocycles. The maximum absolute atomic E-state index is 13.4. The normalized spacial score (nSPS) is 17.0. The molecule has 216 valence electrons. The lowest BCUT2D eigenvalue weighted by atomic mass is 10.0. The second kappa shape index (κ2) is 11.9. The Morgan fingerprint density at radius 2 is 1.76 bits per heavy atom. The fraction of sp³-hybridized carbons (Fsp3) is 0.300. The number of nitrogens with one attached hydrogen (secondary N) is 1. The first-order chi connectivity index (χ1) is 20.4. The van der Waals surface area contributed by atoms with E-state index in [9.17, 15) is 14.4 Å². The van der Waals surface area contributed by atoms with E-state index >= 15 is 0 Å². The van der Waals surface area contributed by atoms with Crippen molar-refractivity contribution in [2.45, 2.75) is 25.4 Å². The number of hydrogen-bond acceptors (Lipinski definition) is 7. The van der Waals surface area contributed by atoms with Crippen molar-refractivity contribution in [2.24, 2.45) is 5.73 Å². The first-order valence-corrected chi connectivity index (χ1v) is 14.6. The number of benzene rings is 2. The molecule has 0 spiro atoms. The minimum absolute atomic E-state index is 0.0982. The van der Waals surface area contributed by atoms with Crippen molar-refractivity contribution in [3.05, 3.63) is 71.0 Å². The van der Waals surface area contributed by atoms with E-state index in [1.807, 2.05) is 30.3 Å². The number of anilines is 2. The predicted molar refractivity (Wildman–Crippen MR) is 162 cm³/mol. The summed E-state index contributed by atoms with van der Waals surface area (Å²) in [6.07, 6.45) is 1.25. The summed E-state index contributed by atoms with van der Waals surface area (Å²) in [5.74, 6) is -0.827. The number of nitrogens with zero attached hydrogens (tertiary/aromatic N) is 5. The number of pyridine rings is 1. The number of ether oxygens (including phenoxy) is 1. The molecular weight excluding hydrogens is 602 g/mol. The molecule has 0 saturated carbocycles. The Bertz CT molecular complexity index is 1650. The van der Waals surface area contributed by atoms with Gasteiger partial charge in [-0.2, -0.15) is 5.10 Å². The van der Waals surface area contributed by atoms with Gasteiger partial charge in [-0.1, -0.05) is 24.3 Å². The van der Waals surface area contributed by atoms with Gasteiger partial charge in [-0.05, 0) is 76.3 Å². The number of aromatic nitrogens is 3. The molecule has 2 aromatic carbocycles. The van der Waals surface area contributed by atoms with Crippen LogP contribution < -0.4 is 16.0 Å². The number of nitrogens with two attached hydrogens (primary N) is 1. The molecule has 0 radical (unpaired) electrons. The molecule has 2 fully saturated rings. The quantitative estimate of drug-likeness (QED) is 0.298. The molecule has 3 amide bonds. The van der Waals surface area contributed by atoms with Crippen LogP contribution in [0.15, 0.2) is 65.3 Å². The number of hydrogen-bond donors (Lipinski definition) is 2. The van der Waals surface area contributed by atoms with E-state index in [-0.39, 0.29) is 24.1 Å². The first-order valence-electron chi connectivity index (χ1n) is 13.8. The number of amides is 3. The molecule has 4 heterocycles. The van der Waals surface area contributed by atoms with Crippen molar-refractivity contribution in [3.8, 4) is 11.1 Å². The molecule has 1 atom stereocenters. The Labute approximate surface area is 250 Å². The van der Waals surface area contributed by atoms with Gasteiger partial charge in [-0.15, -0.1) is 0 Å². The third-order valence-electron chi connectivity index (χ3n) is 7.69. The van der Waals surface area contributed by atoms with Crippen LogP contribution in [0.2, 0.25) is 0 Å². The average molecular weight is 633 g/mol. The van der Waals surface area contributed by atoms with Crippen LogP contribution in [-0.4, -0.2) is 76.3 Å². The van der Waals surface area contributed by atoms with Gasteiger partial charge in [0.1, 0.15) is 23.0 Å². The lowest BCUT2D eigenvalue weighted by molar-refractivity contribution is -0.137. The highest BCUT2D eigenvalue weighted by molar-refractivity contribution is 9.10. The van der Waals surface area contributed by atoms with Gasteiger partial charge in [0.15, 0.2) is 5.69 Å². The van der Waals surface area contributed by atoms with E-state index in [2.05, 4.69) is 48.4 Å². The fourth-order valence-electron chi connectivity index (χ4n) is 5.59. The van der Waals surface area contributed by atoms with Crippen LogP contribution in [0.25, 0.3) is 22.0 Å². The summed E-state index contributed by atoms with van der Waals surface area (Å²) in [6, 6.07) is 18.5. The standard InChI is InChI=1S/C30H30BrN7O4/c31-25-4-1-5-26(33-25)34-30(41)24-3-2-12-37(24)27(39)18-38-23-11-8-20(17-22(23)28(35-38)29(32)40)19-6-9-21(10-7-19)36-13-15-42-16-14-36/h1,4-11,17,24H,2-3,12-16,18H2,(H2,32,40)(H,33,34,41). The summed E-state index contributed by atoms with van der Waals surface area (Å²) in [5, 5.41) is 7.79. The van der Waals surface area contributed by atoms with Gasteiger partial charge in [-0.3, -0.25) is 19.1 Å². The van der Waals surface area contributed by atoms with Crippen molar-refractivity contribution in [2.75, 3.05) is 43.1 Å². The van der Waals surface area contributed by atoms with Crippen molar-refractivity contribution >= 4 is 56.1 Å². The Morgan fingerprint density at radius 3 is 2.50 bits per heavy atom. The molecule has 2 saturated heterocycles. The van der Waals surface area contributed by atoms with Crippen LogP contribution in [0.5, 0.6) is 0 Å². The van der Waals surface area contributed by atoms with Gasteiger partial charge in [-0.25, -0.2) is 4.98 Å². The predicted octanol–water partition coefficient (Wildman–Crippen LogP) is 3.43. The summed E-state index contributed by atoms with van der Waals surface area (Å²) in [7, 11) is 0. The van der Waals surface area contributed by atoms with Gasteiger partial charge in [0.2, 0.25) is 11.8 Å². The van der Waals surface area contributed by atoms with Crippen LogP contribution in [0, 0.1) is 0 Å².